The second kappa shape index (κ2) is 10.8. The van der Waals surface area contributed by atoms with Gasteiger partial charge in [-0.15, -0.1) is 11.3 Å². The quantitative estimate of drug-likeness (QED) is 0.475. The number of rotatable bonds is 6. The molecule has 2 N–H and O–H groups in total. The number of nitrogens with one attached hydrogen (secondary N) is 2. The van der Waals surface area contributed by atoms with Gasteiger partial charge in [0.15, 0.2) is 0 Å². The van der Waals surface area contributed by atoms with Crippen LogP contribution in [0.3, 0.4) is 0 Å². The van der Waals surface area contributed by atoms with Crippen molar-refractivity contribution in [3.05, 3.63) is 57.6 Å². The maximum Gasteiger partial charge on any atom is 0.416 e. The number of aromatic nitrogens is 4. The number of nitrogens with zero attached hydrogens (tertiary/aromatic N) is 5. The second-order valence-corrected chi connectivity index (χ2v) is 10.1. The van der Waals surface area contributed by atoms with Crippen molar-refractivity contribution < 1.29 is 22.8 Å². The topological polar surface area (TPSA) is 113 Å². The Hall–Kier alpha value is -3.61. The Balaban J connectivity index is 1.39. The van der Waals surface area contributed by atoms with Crippen molar-refractivity contribution in [2.75, 3.05) is 23.3 Å². The van der Waals surface area contributed by atoms with Gasteiger partial charge in [0, 0.05) is 25.4 Å². The van der Waals surface area contributed by atoms with Crippen molar-refractivity contribution in [1.82, 2.24) is 25.3 Å². The molecule has 2 amide bonds. The fourth-order valence-electron chi connectivity index (χ4n) is 3.88. The molecule has 0 aliphatic carbocycles. The van der Waals surface area contributed by atoms with E-state index in [0.29, 0.717) is 16.7 Å². The third-order valence-corrected chi connectivity index (χ3v) is 7.29. The zero-order valence-corrected chi connectivity index (χ0v) is 21.3. The number of hydrogen-bond acceptors (Lipinski definition) is 8. The normalized spacial score (nSPS) is 15.4. The van der Waals surface area contributed by atoms with Gasteiger partial charge in [-0.05, 0) is 44.2 Å². The molecule has 196 valence electrons. The Morgan fingerprint density at radius 1 is 1.08 bits per heavy atom. The molecule has 0 radical (unpaired) electrons. The van der Waals surface area contributed by atoms with Crippen molar-refractivity contribution in [1.29, 1.82) is 0 Å². The van der Waals surface area contributed by atoms with Gasteiger partial charge < -0.3 is 15.5 Å². The third kappa shape index (κ3) is 6.40. The summed E-state index contributed by atoms with van der Waals surface area (Å²) in [6.45, 7) is 6.96. The fraction of sp³-hybridized carbons (Fsp3) is 0.417. The molecule has 1 aliphatic rings. The van der Waals surface area contributed by atoms with Crippen LogP contribution < -0.4 is 15.5 Å². The minimum Gasteiger partial charge on any atom is -0.356 e. The van der Waals surface area contributed by atoms with E-state index in [0.717, 1.165) is 49.5 Å². The smallest absolute Gasteiger partial charge is 0.356 e. The Bertz CT molecular complexity index is 1290. The first-order chi connectivity index (χ1) is 17.5. The van der Waals surface area contributed by atoms with Crippen molar-refractivity contribution in [3.63, 3.8) is 0 Å². The maximum absolute atomic E-state index is 13.1. The summed E-state index contributed by atoms with van der Waals surface area (Å²) >= 11 is 1.02. The highest BCUT2D eigenvalue weighted by molar-refractivity contribution is 7.13. The van der Waals surface area contributed by atoms with E-state index in [2.05, 4.69) is 42.4 Å². The van der Waals surface area contributed by atoms with Crippen molar-refractivity contribution in [2.24, 2.45) is 5.92 Å². The van der Waals surface area contributed by atoms with E-state index in [1.54, 1.807) is 13.0 Å². The number of pyridine rings is 1. The molecule has 0 bridgehead atoms. The van der Waals surface area contributed by atoms with Crippen LogP contribution in [0.1, 0.15) is 69.0 Å². The summed E-state index contributed by atoms with van der Waals surface area (Å²) in [5.41, 5.74) is -0.700. The van der Waals surface area contributed by atoms with Gasteiger partial charge in [0.05, 0.1) is 17.8 Å². The number of hydrogen-bond donors (Lipinski definition) is 2. The van der Waals surface area contributed by atoms with Crippen molar-refractivity contribution >= 4 is 34.8 Å². The zero-order chi connectivity index (χ0) is 26.7. The highest BCUT2D eigenvalue weighted by atomic mass is 32.1. The number of aryl methyl sites for hydroxylation is 1. The van der Waals surface area contributed by atoms with Gasteiger partial charge >= 0.3 is 6.18 Å². The van der Waals surface area contributed by atoms with E-state index in [-0.39, 0.29) is 22.0 Å². The minimum atomic E-state index is -4.56. The summed E-state index contributed by atoms with van der Waals surface area (Å²) in [7, 11) is 0. The standard InChI is InChI=1S/C24H26F3N7O2S/c1-13-4-6-34(7-5-13)20-9-17(30-12-31-20)21(35)32-15(3)23-29-11-18(37-23)22(36)33-19-8-16(24(25,26)27)14(2)10-28-19/h8-13,15H,4-7H2,1-3H3,(H,32,35)(H,28,33,36). The molecule has 1 unspecified atom stereocenters. The fourth-order valence-corrected chi connectivity index (χ4v) is 4.70. The van der Waals surface area contributed by atoms with Crippen molar-refractivity contribution in [3.8, 4) is 0 Å². The van der Waals surface area contributed by atoms with Crippen LogP contribution in [0.5, 0.6) is 0 Å². The largest absolute Gasteiger partial charge is 0.416 e. The van der Waals surface area contributed by atoms with Gasteiger partial charge in [-0.25, -0.2) is 19.9 Å². The molecule has 1 fully saturated rings. The lowest BCUT2D eigenvalue weighted by Gasteiger charge is -2.31. The first-order valence-corrected chi connectivity index (χ1v) is 12.5. The number of anilines is 2. The monoisotopic (exact) mass is 533 g/mol. The van der Waals surface area contributed by atoms with Crippen LogP contribution in [-0.2, 0) is 6.18 Å². The molecule has 3 aromatic rings. The average molecular weight is 534 g/mol. The van der Waals surface area contributed by atoms with E-state index in [9.17, 15) is 22.8 Å². The van der Waals surface area contributed by atoms with E-state index in [1.165, 1.54) is 19.4 Å². The second-order valence-electron chi connectivity index (χ2n) is 9.03. The number of thiazole rings is 1. The number of halogens is 3. The molecule has 13 heteroatoms. The third-order valence-electron chi connectivity index (χ3n) is 6.11. The van der Waals surface area contributed by atoms with Crippen LogP contribution >= 0.6 is 11.3 Å². The van der Waals surface area contributed by atoms with E-state index in [4.69, 9.17) is 0 Å². The first-order valence-electron chi connectivity index (χ1n) is 11.7. The Morgan fingerprint density at radius 2 is 1.81 bits per heavy atom. The SMILES string of the molecule is Cc1cnc(NC(=O)c2cnc(C(C)NC(=O)c3cc(N4CCC(C)CC4)ncn3)s2)cc1C(F)(F)F. The summed E-state index contributed by atoms with van der Waals surface area (Å²) in [5.74, 6) is 0.0834. The summed E-state index contributed by atoms with van der Waals surface area (Å²) < 4.78 is 39.4. The minimum absolute atomic E-state index is 0.0449. The number of carbonyl (C=O) groups excluding carboxylic acids is 2. The van der Waals surface area contributed by atoms with Gasteiger partial charge in [-0.2, -0.15) is 13.2 Å². The Morgan fingerprint density at radius 3 is 2.51 bits per heavy atom. The van der Waals surface area contributed by atoms with Gasteiger partial charge in [-0.3, -0.25) is 9.59 Å². The molecule has 1 saturated heterocycles. The summed E-state index contributed by atoms with van der Waals surface area (Å²) in [4.78, 5) is 44.1. The van der Waals surface area contributed by atoms with Crippen molar-refractivity contribution in [2.45, 2.75) is 45.8 Å². The Kier molecular flexibility index (Phi) is 7.71. The molecule has 4 heterocycles. The first kappa shape index (κ1) is 26.5. The molecule has 37 heavy (non-hydrogen) atoms. The van der Waals surface area contributed by atoms with Gasteiger partial charge in [-0.1, -0.05) is 6.92 Å². The lowest BCUT2D eigenvalue weighted by Crippen LogP contribution is -2.34. The number of alkyl halides is 3. The van der Waals surface area contributed by atoms with Gasteiger partial charge in [0.1, 0.15) is 33.5 Å². The van der Waals surface area contributed by atoms with Gasteiger partial charge in [0.2, 0.25) is 0 Å². The lowest BCUT2D eigenvalue weighted by molar-refractivity contribution is -0.138. The summed E-state index contributed by atoms with van der Waals surface area (Å²) in [6.07, 6.45) is 1.28. The predicted octanol–water partition coefficient (Wildman–Crippen LogP) is 4.63. The lowest BCUT2D eigenvalue weighted by atomic mass is 9.99. The molecule has 4 rings (SSSR count). The molecule has 1 atom stereocenters. The van der Waals surface area contributed by atoms with Crippen LogP contribution in [0.2, 0.25) is 0 Å². The van der Waals surface area contributed by atoms with Crippen LogP contribution in [-0.4, -0.2) is 44.8 Å². The molecule has 0 saturated carbocycles. The molecular weight excluding hydrogens is 507 g/mol. The summed E-state index contributed by atoms with van der Waals surface area (Å²) in [5, 5.41) is 5.63. The maximum atomic E-state index is 13.1. The van der Waals surface area contributed by atoms with Gasteiger partial charge in [0.25, 0.3) is 11.8 Å². The molecule has 1 aliphatic heterocycles. The predicted molar refractivity (Wildman–Crippen MR) is 133 cm³/mol. The average Bonchev–Trinajstić information content (AvgIpc) is 3.36. The number of carbonyl (C=O) groups is 2. The van der Waals surface area contributed by atoms with E-state index in [1.807, 2.05) is 0 Å². The number of amides is 2. The number of piperidine rings is 1. The highest BCUT2D eigenvalue weighted by Crippen LogP contribution is 2.33. The zero-order valence-electron chi connectivity index (χ0n) is 20.5. The van der Waals surface area contributed by atoms with Crippen LogP contribution in [0.15, 0.2) is 30.9 Å². The summed E-state index contributed by atoms with van der Waals surface area (Å²) in [6, 6.07) is 1.91. The van der Waals surface area contributed by atoms with Crippen LogP contribution in [0.25, 0.3) is 0 Å². The molecule has 0 spiro atoms. The molecular formula is C24H26F3N7O2S. The van der Waals surface area contributed by atoms with Crippen LogP contribution in [0.4, 0.5) is 24.8 Å². The molecule has 9 nitrogen and oxygen atoms in total. The highest BCUT2D eigenvalue weighted by Gasteiger charge is 2.33. The van der Waals surface area contributed by atoms with E-state index < -0.39 is 29.6 Å². The molecule has 0 aromatic carbocycles. The van der Waals surface area contributed by atoms with E-state index >= 15 is 0 Å². The van der Waals surface area contributed by atoms with Crippen LogP contribution in [0, 0.1) is 12.8 Å². The molecule has 3 aromatic heterocycles. The Labute approximate surface area is 215 Å².